The molecule has 0 fully saturated rings. The molecule has 0 heterocycles. The van der Waals surface area contributed by atoms with Gasteiger partial charge in [-0.3, -0.25) is 4.79 Å². The van der Waals surface area contributed by atoms with Crippen LogP contribution in [0.2, 0.25) is 0 Å². The molecule has 0 unspecified atom stereocenters. The smallest absolute Gasteiger partial charge is 0.347 e. The zero-order valence-corrected chi connectivity index (χ0v) is 7.75. The molecule has 0 aliphatic carbocycles. The summed E-state index contributed by atoms with van der Waals surface area (Å²) in [6.07, 6.45) is -4.66. The average molecular weight is 195 g/mol. The number of alkyl halides is 3. The molecule has 13 heavy (non-hydrogen) atoms. The molecule has 0 aromatic carbocycles. The fraction of sp³-hybridized carbons (Fsp3) is 0.625. The SMILES string of the molecule is C=C(C(=O)NC(C)(C)C)C(F)(F)F. The maximum absolute atomic E-state index is 11.9. The van der Waals surface area contributed by atoms with Gasteiger partial charge < -0.3 is 5.32 Å². The molecular weight excluding hydrogens is 183 g/mol. The van der Waals surface area contributed by atoms with E-state index < -0.39 is 23.2 Å². The van der Waals surface area contributed by atoms with Gasteiger partial charge in [0.1, 0.15) is 5.57 Å². The van der Waals surface area contributed by atoms with Gasteiger partial charge >= 0.3 is 6.18 Å². The summed E-state index contributed by atoms with van der Waals surface area (Å²) < 4.78 is 35.7. The molecule has 0 atom stereocenters. The first-order valence-electron chi connectivity index (χ1n) is 3.62. The zero-order valence-electron chi connectivity index (χ0n) is 7.75. The van der Waals surface area contributed by atoms with Crippen molar-refractivity contribution in [2.45, 2.75) is 32.5 Å². The second-order valence-electron chi connectivity index (χ2n) is 3.68. The molecule has 0 bridgehead atoms. The third-order valence-corrected chi connectivity index (χ3v) is 1.10. The Morgan fingerprint density at radius 2 is 1.62 bits per heavy atom. The average Bonchev–Trinajstić information content (AvgIpc) is 1.79. The lowest BCUT2D eigenvalue weighted by atomic mass is 10.1. The molecule has 0 aliphatic heterocycles. The third kappa shape index (κ3) is 4.55. The van der Waals surface area contributed by atoms with Gasteiger partial charge in [0.25, 0.3) is 5.91 Å². The first kappa shape index (κ1) is 12.0. The summed E-state index contributed by atoms with van der Waals surface area (Å²) in [5, 5.41) is 2.17. The summed E-state index contributed by atoms with van der Waals surface area (Å²) in [6, 6.07) is 0. The van der Waals surface area contributed by atoms with E-state index >= 15 is 0 Å². The number of amides is 1. The van der Waals surface area contributed by atoms with Gasteiger partial charge in [-0.25, -0.2) is 0 Å². The van der Waals surface area contributed by atoms with Crippen molar-refractivity contribution in [1.82, 2.24) is 5.32 Å². The second kappa shape index (κ2) is 3.40. The minimum atomic E-state index is -4.66. The molecule has 0 saturated carbocycles. The molecule has 0 spiro atoms. The van der Waals surface area contributed by atoms with Crippen LogP contribution in [0.25, 0.3) is 0 Å². The molecule has 0 saturated heterocycles. The van der Waals surface area contributed by atoms with Crippen molar-refractivity contribution < 1.29 is 18.0 Å². The number of halogens is 3. The molecule has 0 aromatic rings. The van der Waals surface area contributed by atoms with Crippen molar-refractivity contribution in [3.05, 3.63) is 12.2 Å². The molecule has 1 N–H and O–H groups in total. The van der Waals surface area contributed by atoms with E-state index in [1.807, 2.05) is 0 Å². The number of carbonyl (C=O) groups is 1. The van der Waals surface area contributed by atoms with Crippen molar-refractivity contribution >= 4 is 5.91 Å². The molecule has 0 rings (SSSR count). The minimum Gasteiger partial charge on any atom is -0.347 e. The lowest BCUT2D eigenvalue weighted by Gasteiger charge is -2.21. The van der Waals surface area contributed by atoms with Crippen molar-refractivity contribution in [3.8, 4) is 0 Å². The van der Waals surface area contributed by atoms with Crippen LogP contribution in [0.5, 0.6) is 0 Å². The lowest BCUT2D eigenvalue weighted by Crippen LogP contribution is -2.43. The summed E-state index contributed by atoms with van der Waals surface area (Å²) in [5.74, 6) is -1.18. The highest BCUT2D eigenvalue weighted by Crippen LogP contribution is 2.24. The normalized spacial score (nSPS) is 12.5. The molecule has 0 aromatic heterocycles. The Morgan fingerprint density at radius 3 is 1.85 bits per heavy atom. The number of hydrogen-bond acceptors (Lipinski definition) is 1. The van der Waals surface area contributed by atoms with E-state index in [2.05, 4.69) is 11.9 Å². The topological polar surface area (TPSA) is 29.1 Å². The van der Waals surface area contributed by atoms with Gasteiger partial charge in [0.05, 0.1) is 0 Å². The molecule has 2 nitrogen and oxygen atoms in total. The van der Waals surface area contributed by atoms with E-state index in [1.54, 1.807) is 20.8 Å². The summed E-state index contributed by atoms with van der Waals surface area (Å²) in [4.78, 5) is 10.9. The molecule has 0 radical (unpaired) electrons. The Labute approximate surface area is 74.8 Å². The summed E-state index contributed by atoms with van der Waals surface area (Å²) in [6.45, 7) is 7.45. The van der Waals surface area contributed by atoms with Gasteiger partial charge in [-0.2, -0.15) is 13.2 Å². The summed E-state index contributed by atoms with van der Waals surface area (Å²) >= 11 is 0. The highest BCUT2D eigenvalue weighted by Gasteiger charge is 2.37. The van der Waals surface area contributed by atoms with Crippen LogP contribution in [0.3, 0.4) is 0 Å². The standard InChI is InChI=1S/C8H12F3NO/c1-5(8(9,10)11)6(13)12-7(2,3)4/h1H2,2-4H3,(H,12,13). The highest BCUT2D eigenvalue weighted by molar-refractivity contribution is 5.94. The molecule has 5 heteroatoms. The van der Waals surface area contributed by atoms with Crippen molar-refractivity contribution in [2.24, 2.45) is 0 Å². The van der Waals surface area contributed by atoms with E-state index in [0.717, 1.165) is 0 Å². The van der Waals surface area contributed by atoms with E-state index in [0.29, 0.717) is 0 Å². The van der Waals surface area contributed by atoms with Gasteiger partial charge in [-0.1, -0.05) is 6.58 Å². The van der Waals surface area contributed by atoms with Crippen LogP contribution in [-0.4, -0.2) is 17.6 Å². The van der Waals surface area contributed by atoms with Crippen LogP contribution in [0.15, 0.2) is 12.2 Å². The van der Waals surface area contributed by atoms with E-state index in [-0.39, 0.29) is 0 Å². The highest BCUT2D eigenvalue weighted by atomic mass is 19.4. The molecule has 1 amide bonds. The van der Waals surface area contributed by atoms with Crippen LogP contribution >= 0.6 is 0 Å². The quantitative estimate of drug-likeness (QED) is 0.637. The van der Waals surface area contributed by atoms with Crippen molar-refractivity contribution in [1.29, 1.82) is 0 Å². The lowest BCUT2D eigenvalue weighted by molar-refractivity contribution is -0.131. The van der Waals surface area contributed by atoms with Crippen LogP contribution in [0.4, 0.5) is 13.2 Å². The van der Waals surface area contributed by atoms with Gasteiger partial charge in [0.15, 0.2) is 0 Å². The van der Waals surface area contributed by atoms with E-state index in [9.17, 15) is 18.0 Å². The fourth-order valence-electron chi connectivity index (χ4n) is 0.545. The Hall–Kier alpha value is -1.00. The van der Waals surface area contributed by atoms with Crippen LogP contribution in [0.1, 0.15) is 20.8 Å². The molecule has 0 aliphatic rings. The Kier molecular flexibility index (Phi) is 3.13. The van der Waals surface area contributed by atoms with Gasteiger partial charge in [0, 0.05) is 5.54 Å². The monoisotopic (exact) mass is 195 g/mol. The zero-order chi connectivity index (χ0) is 10.9. The van der Waals surface area contributed by atoms with Crippen LogP contribution in [0, 0.1) is 0 Å². The number of hydrogen-bond donors (Lipinski definition) is 1. The maximum atomic E-state index is 11.9. The number of carbonyl (C=O) groups excluding carboxylic acids is 1. The number of nitrogens with one attached hydrogen (secondary N) is 1. The molecule has 76 valence electrons. The maximum Gasteiger partial charge on any atom is 0.421 e. The third-order valence-electron chi connectivity index (χ3n) is 1.10. The summed E-state index contributed by atoms with van der Waals surface area (Å²) in [5.41, 5.74) is -2.06. The fourth-order valence-corrected chi connectivity index (χ4v) is 0.545. The Balaban J connectivity index is 4.40. The number of rotatable bonds is 1. The largest absolute Gasteiger partial charge is 0.421 e. The first-order valence-corrected chi connectivity index (χ1v) is 3.62. The predicted molar refractivity (Wildman–Crippen MR) is 43.1 cm³/mol. The van der Waals surface area contributed by atoms with Gasteiger partial charge in [-0.05, 0) is 20.8 Å². The van der Waals surface area contributed by atoms with Gasteiger partial charge in [0.2, 0.25) is 0 Å². The summed E-state index contributed by atoms with van der Waals surface area (Å²) in [7, 11) is 0. The van der Waals surface area contributed by atoms with Gasteiger partial charge in [-0.15, -0.1) is 0 Å². The Bertz CT molecular complexity index is 225. The minimum absolute atomic E-state index is 0.689. The van der Waals surface area contributed by atoms with Crippen molar-refractivity contribution in [3.63, 3.8) is 0 Å². The molecular formula is C8H12F3NO. The predicted octanol–water partition coefficient (Wildman–Crippen LogP) is 2.02. The van der Waals surface area contributed by atoms with Crippen LogP contribution in [-0.2, 0) is 4.79 Å². The van der Waals surface area contributed by atoms with Crippen molar-refractivity contribution in [2.75, 3.05) is 0 Å². The second-order valence-corrected chi connectivity index (χ2v) is 3.68. The van der Waals surface area contributed by atoms with Crippen LogP contribution < -0.4 is 5.32 Å². The first-order chi connectivity index (χ1) is 5.54. The van der Waals surface area contributed by atoms with E-state index in [4.69, 9.17) is 0 Å². The van der Waals surface area contributed by atoms with E-state index in [1.165, 1.54) is 0 Å². The Morgan fingerprint density at radius 1 is 1.23 bits per heavy atom.